The number of nitrogens with zero attached hydrogens (tertiary/aromatic N) is 1. The van der Waals surface area contributed by atoms with Crippen LogP contribution in [0.25, 0.3) is 0 Å². The van der Waals surface area contributed by atoms with Crippen molar-refractivity contribution in [1.29, 1.82) is 0 Å². The molecule has 1 rings (SSSR count). The summed E-state index contributed by atoms with van der Waals surface area (Å²) < 4.78 is 0. The molecule has 2 atom stereocenters. The molecule has 0 aromatic carbocycles. The lowest BCUT2D eigenvalue weighted by Gasteiger charge is -2.18. The number of hydrogen-bond donors (Lipinski definition) is 2. The largest absolute Gasteiger partial charge is 0.391 e. The first-order valence-electron chi connectivity index (χ1n) is 3.82. The number of aliphatic hydroxyl groups excluding tert-OH is 1. The maximum absolute atomic E-state index is 9.32. The van der Waals surface area contributed by atoms with E-state index in [4.69, 9.17) is 5.73 Å². The van der Waals surface area contributed by atoms with E-state index in [0.717, 1.165) is 25.9 Å². The third-order valence-corrected chi connectivity index (χ3v) is 2.06. The number of likely N-dealkylation sites (tertiary alicyclic amines) is 1. The molecule has 3 heteroatoms. The lowest BCUT2D eigenvalue weighted by atomic mass is 10.1. The highest BCUT2D eigenvalue weighted by molar-refractivity contribution is 4.78. The Balaban J connectivity index is 2.41. The summed E-state index contributed by atoms with van der Waals surface area (Å²) in [6, 6.07) is -0.0486. The minimum absolute atomic E-state index is 0.0486. The molecule has 0 amide bonds. The molecule has 60 valence electrons. The van der Waals surface area contributed by atoms with Gasteiger partial charge in [-0.05, 0) is 26.4 Å². The number of rotatable bonds is 0. The summed E-state index contributed by atoms with van der Waals surface area (Å²) in [6.45, 7) is 1.88. The maximum atomic E-state index is 9.32. The van der Waals surface area contributed by atoms with Gasteiger partial charge in [0.05, 0.1) is 6.10 Å². The van der Waals surface area contributed by atoms with E-state index in [1.165, 1.54) is 0 Å². The molecule has 3 nitrogen and oxygen atoms in total. The van der Waals surface area contributed by atoms with Gasteiger partial charge in [-0.15, -0.1) is 0 Å². The molecule has 1 aliphatic heterocycles. The van der Waals surface area contributed by atoms with Crippen molar-refractivity contribution >= 4 is 0 Å². The Labute approximate surface area is 61.8 Å². The first kappa shape index (κ1) is 7.98. The lowest BCUT2D eigenvalue weighted by molar-refractivity contribution is 0.136. The minimum atomic E-state index is -0.287. The van der Waals surface area contributed by atoms with Crippen LogP contribution in [0.15, 0.2) is 0 Å². The summed E-state index contributed by atoms with van der Waals surface area (Å²) in [4.78, 5) is 2.17. The van der Waals surface area contributed by atoms with Crippen molar-refractivity contribution in [3.8, 4) is 0 Å². The first-order valence-corrected chi connectivity index (χ1v) is 3.82. The molecule has 0 aromatic rings. The van der Waals surface area contributed by atoms with Crippen LogP contribution in [0.3, 0.4) is 0 Å². The zero-order valence-electron chi connectivity index (χ0n) is 6.45. The number of hydrogen-bond acceptors (Lipinski definition) is 3. The topological polar surface area (TPSA) is 49.5 Å². The fourth-order valence-corrected chi connectivity index (χ4v) is 1.36. The van der Waals surface area contributed by atoms with Crippen LogP contribution >= 0.6 is 0 Å². The highest BCUT2D eigenvalue weighted by Gasteiger charge is 2.19. The quantitative estimate of drug-likeness (QED) is 0.477. The van der Waals surface area contributed by atoms with Crippen LogP contribution in [-0.2, 0) is 0 Å². The smallest absolute Gasteiger partial charge is 0.0704 e. The number of likely N-dealkylation sites (N-methyl/N-ethyl adjacent to an activating group) is 1. The molecule has 0 radical (unpaired) electrons. The molecule has 0 aromatic heterocycles. The molecule has 2 unspecified atom stereocenters. The molecule has 10 heavy (non-hydrogen) atoms. The highest BCUT2D eigenvalue weighted by atomic mass is 16.3. The second-order valence-corrected chi connectivity index (χ2v) is 3.14. The normalized spacial score (nSPS) is 37.5. The fourth-order valence-electron chi connectivity index (χ4n) is 1.36. The highest BCUT2D eigenvalue weighted by Crippen LogP contribution is 2.07. The van der Waals surface area contributed by atoms with Gasteiger partial charge in [0.2, 0.25) is 0 Å². The minimum Gasteiger partial charge on any atom is -0.391 e. The molecular formula is C7H16N2O. The van der Waals surface area contributed by atoms with Gasteiger partial charge in [0.1, 0.15) is 0 Å². The fraction of sp³-hybridized carbons (Fsp3) is 1.00. The van der Waals surface area contributed by atoms with E-state index in [2.05, 4.69) is 4.90 Å². The van der Waals surface area contributed by atoms with E-state index in [1.807, 2.05) is 7.05 Å². The first-order chi connectivity index (χ1) is 4.70. The van der Waals surface area contributed by atoms with Gasteiger partial charge in [-0.25, -0.2) is 0 Å². The van der Waals surface area contributed by atoms with Gasteiger partial charge in [-0.2, -0.15) is 0 Å². The molecule has 0 saturated carbocycles. The van der Waals surface area contributed by atoms with E-state index in [0.29, 0.717) is 0 Å². The van der Waals surface area contributed by atoms with Crippen molar-refractivity contribution in [3.05, 3.63) is 0 Å². The Hall–Kier alpha value is -0.120. The third kappa shape index (κ3) is 1.94. The zero-order valence-corrected chi connectivity index (χ0v) is 6.45. The molecule has 0 bridgehead atoms. The van der Waals surface area contributed by atoms with E-state index in [9.17, 15) is 5.11 Å². The Morgan fingerprint density at radius 3 is 3.00 bits per heavy atom. The predicted molar refractivity (Wildman–Crippen MR) is 40.7 cm³/mol. The standard InChI is InChI=1S/C7H16N2O/c1-9-4-2-3-7(10)6(8)5-9/h6-7,10H,2-5,8H2,1H3. The number of aliphatic hydroxyl groups is 1. The SMILES string of the molecule is CN1CCCC(O)C(N)C1. The van der Waals surface area contributed by atoms with Crippen LogP contribution in [0, 0.1) is 0 Å². The van der Waals surface area contributed by atoms with Gasteiger partial charge >= 0.3 is 0 Å². The molecule has 3 N–H and O–H groups in total. The van der Waals surface area contributed by atoms with Crippen LogP contribution in [0.1, 0.15) is 12.8 Å². The van der Waals surface area contributed by atoms with Crippen LogP contribution < -0.4 is 5.73 Å². The van der Waals surface area contributed by atoms with Gasteiger partial charge in [0.15, 0.2) is 0 Å². The van der Waals surface area contributed by atoms with Crippen molar-refractivity contribution in [2.45, 2.75) is 25.0 Å². The van der Waals surface area contributed by atoms with Crippen LogP contribution in [-0.4, -0.2) is 42.3 Å². The second kappa shape index (κ2) is 3.32. The monoisotopic (exact) mass is 144 g/mol. The van der Waals surface area contributed by atoms with Crippen molar-refractivity contribution < 1.29 is 5.11 Å². The van der Waals surface area contributed by atoms with Crippen LogP contribution in [0.2, 0.25) is 0 Å². The predicted octanol–water partition coefficient (Wildman–Crippen LogP) is -0.600. The molecule has 0 spiro atoms. The summed E-state index contributed by atoms with van der Waals surface area (Å²) in [5.74, 6) is 0. The van der Waals surface area contributed by atoms with Gasteiger partial charge < -0.3 is 15.7 Å². The van der Waals surface area contributed by atoms with Gasteiger partial charge in [-0.1, -0.05) is 0 Å². The van der Waals surface area contributed by atoms with Gasteiger partial charge in [-0.3, -0.25) is 0 Å². The van der Waals surface area contributed by atoms with Crippen molar-refractivity contribution in [3.63, 3.8) is 0 Å². The summed E-state index contributed by atoms with van der Waals surface area (Å²) in [7, 11) is 2.04. The number of nitrogens with two attached hydrogens (primary N) is 1. The zero-order chi connectivity index (χ0) is 7.56. The van der Waals surface area contributed by atoms with E-state index in [-0.39, 0.29) is 12.1 Å². The molecule has 1 heterocycles. The molecular weight excluding hydrogens is 128 g/mol. The molecule has 1 saturated heterocycles. The van der Waals surface area contributed by atoms with Crippen molar-refractivity contribution in [2.75, 3.05) is 20.1 Å². The average molecular weight is 144 g/mol. The van der Waals surface area contributed by atoms with E-state index in [1.54, 1.807) is 0 Å². The Morgan fingerprint density at radius 2 is 2.30 bits per heavy atom. The molecule has 0 aliphatic carbocycles. The summed E-state index contributed by atoms with van der Waals surface area (Å²) >= 11 is 0. The van der Waals surface area contributed by atoms with Crippen LogP contribution in [0.4, 0.5) is 0 Å². The third-order valence-electron chi connectivity index (χ3n) is 2.06. The van der Waals surface area contributed by atoms with Crippen LogP contribution in [0.5, 0.6) is 0 Å². The maximum Gasteiger partial charge on any atom is 0.0704 e. The Kier molecular flexibility index (Phi) is 2.65. The van der Waals surface area contributed by atoms with Gasteiger partial charge in [0.25, 0.3) is 0 Å². The van der Waals surface area contributed by atoms with Gasteiger partial charge in [0, 0.05) is 12.6 Å². The average Bonchev–Trinajstić information content (AvgIpc) is 1.96. The molecule has 1 aliphatic rings. The summed E-state index contributed by atoms with van der Waals surface area (Å²) in [5.41, 5.74) is 5.68. The summed E-state index contributed by atoms with van der Waals surface area (Å²) in [5, 5.41) is 9.32. The second-order valence-electron chi connectivity index (χ2n) is 3.14. The van der Waals surface area contributed by atoms with Crippen molar-refractivity contribution in [2.24, 2.45) is 5.73 Å². The lowest BCUT2D eigenvalue weighted by Crippen LogP contribution is -2.41. The Morgan fingerprint density at radius 1 is 1.60 bits per heavy atom. The summed E-state index contributed by atoms with van der Waals surface area (Å²) in [6.07, 6.45) is 1.63. The van der Waals surface area contributed by atoms with Crippen molar-refractivity contribution in [1.82, 2.24) is 4.90 Å². The van der Waals surface area contributed by atoms with E-state index >= 15 is 0 Å². The Bertz CT molecular complexity index is 108. The van der Waals surface area contributed by atoms with E-state index < -0.39 is 0 Å². The molecule has 1 fully saturated rings.